The van der Waals surface area contributed by atoms with Crippen molar-refractivity contribution in [1.82, 2.24) is 10.2 Å². The Balaban J connectivity index is 2.56. The summed E-state index contributed by atoms with van der Waals surface area (Å²) in [7, 11) is 5.90. The predicted octanol–water partition coefficient (Wildman–Crippen LogP) is 2.76. The van der Waals surface area contributed by atoms with Gasteiger partial charge >= 0.3 is 0 Å². The highest BCUT2D eigenvalue weighted by molar-refractivity contribution is 5.27. The topological polar surface area (TPSA) is 24.5 Å². The van der Waals surface area contributed by atoms with Gasteiger partial charge in [0.2, 0.25) is 0 Å². The van der Waals surface area contributed by atoms with Crippen LogP contribution >= 0.6 is 0 Å². The average molecular weight is 264 g/mol. The molecule has 1 atom stereocenters. The van der Waals surface area contributed by atoms with E-state index in [1.54, 1.807) is 7.11 Å². The first-order valence-corrected chi connectivity index (χ1v) is 6.88. The maximum Gasteiger partial charge on any atom is 0.118 e. The molecule has 0 heterocycles. The summed E-state index contributed by atoms with van der Waals surface area (Å²) in [6, 6.07) is 8.79. The molecule has 0 aliphatic heterocycles. The molecule has 0 aliphatic carbocycles. The molecular weight excluding hydrogens is 236 g/mol. The van der Waals surface area contributed by atoms with Crippen molar-refractivity contribution < 1.29 is 4.74 Å². The molecule has 1 unspecified atom stereocenters. The van der Waals surface area contributed by atoms with Crippen LogP contribution in [0, 0.1) is 5.41 Å². The summed E-state index contributed by atoms with van der Waals surface area (Å²) in [6.07, 6.45) is 0. The van der Waals surface area contributed by atoms with E-state index in [4.69, 9.17) is 4.74 Å². The number of nitrogens with one attached hydrogen (secondary N) is 1. The van der Waals surface area contributed by atoms with Crippen molar-refractivity contribution in [3.63, 3.8) is 0 Å². The summed E-state index contributed by atoms with van der Waals surface area (Å²) in [5, 5.41) is 3.35. The monoisotopic (exact) mass is 264 g/mol. The van der Waals surface area contributed by atoms with E-state index in [-0.39, 0.29) is 5.41 Å². The molecule has 0 saturated carbocycles. The lowest BCUT2D eigenvalue weighted by Crippen LogP contribution is -2.44. The first-order valence-electron chi connectivity index (χ1n) is 6.88. The van der Waals surface area contributed by atoms with E-state index in [9.17, 15) is 0 Å². The van der Waals surface area contributed by atoms with Gasteiger partial charge in [0.15, 0.2) is 0 Å². The fraction of sp³-hybridized carbons (Fsp3) is 0.625. The van der Waals surface area contributed by atoms with Crippen LogP contribution in [0.5, 0.6) is 5.75 Å². The fourth-order valence-corrected chi connectivity index (χ4v) is 2.32. The van der Waals surface area contributed by atoms with E-state index in [2.05, 4.69) is 50.2 Å². The number of rotatable bonds is 7. The third kappa shape index (κ3) is 4.84. The summed E-state index contributed by atoms with van der Waals surface area (Å²) < 4.78 is 5.18. The Bertz CT molecular complexity index is 373. The number of hydrogen-bond acceptors (Lipinski definition) is 3. The highest BCUT2D eigenvalue weighted by Gasteiger charge is 2.26. The Morgan fingerprint density at radius 1 is 1.26 bits per heavy atom. The van der Waals surface area contributed by atoms with Gasteiger partial charge in [0.05, 0.1) is 7.11 Å². The minimum absolute atomic E-state index is 0.246. The van der Waals surface area contributed by atoms with Crippen molar-refractivity contribution in [3.05, 3.63) is 29.8 Å². The van der Waals surface area contributed by atoms with Crippen LogP contribution < -0.4 is 10.1 Å². The zero-order valence-corrected chi connectivity index (χ0v) is 13.2. The van der Waals surface area contributed by atoms with Gasteiger partial charge in [-0.3, -0.25) is 0 Å². The summed E-state index contributed by atoms with van der Waals surface area (Å²) in [6.45, 7) is 8.86. The van der Waals surface area contributed by atoms with Crippen LogP contribution in [0.3, 0.4) is 0 Å². The quantitative estimate of drug-likeness (QED) is 0.819. The minimum Gasteiger partial charge on any atom is -0.497 e. The van der Waals surface area contributed by atoms with Crippen molar-refractivity contribution >= 4 is 0 Å². The van der Waals surface area contributed by atoms with Crippen LogP contribution in [0.2, 0.25) is 0 Å². The Labute approximate surface area is 118 Å². The largest absolute Gasteiger partial charge is 0.497 e. The van der Waals surface area contributed by atoms with Crippen LogP contribution in [-0.2, 0) is 6.54 Å². The lowest BCUT2D eigenvalue weighted by atomic mass is 9.85. The van der Waals surface area contributed by atoms with Gasteiger partial charge in [-0.15, -0.1) is 0 Å². The molecule has 1 aromatic rings. The SMILES string of the molecule is CNC(C)C(C)(C)CN(C)Cc1ccc(OC)cc1. The molecule has 0 aromatic heterocycles. The normalized spacial score (nSPS) is 13.6. The molecule has 0 fully saturated rings. The van der Waals surface area contributed by atoms with Crippen LogP contribution in [0.1, 0.15) is 26.3 Å². The van der Waals surface area contributed by atoms with Gasteiger partial charge in [-0.2, -0.15) is 0 Å². The number of methoxy groups -OCH3 is 1. The van der Waals surface area contributed by atoms with Gasteiger partial charge in [0.1, 0.15) is 5.75 Å². The number of benzene rings is 1. The molecule has 1 rings (SSSR count). The third-order valence-electron chi connectivity index (χ3n) is 3.89. The molecule has 0 spiro atoms. The molecule has 0 aliphatic rings. The van der Waals surface area contributed by atoms with Crippen LogP contribution in [-0.4, -0.2) is 38.7 Å². The molecule has 3 nitrogen and oxygen atoms in total. The van der Waals surface area contributed by atoms with Crippen molar-refractivity contribution in [1.29, 1.82) is 0 Å². The van der Waals surface area contributed by atoms with E-state index in [0.29, 0.717) is 6.04 Å². The van der Waals surface area contributed by atoms with Crippen LogP contribution in [0.25, 0.3) is 0 Å². The Hall–Kier alpha value is -1.06. The van der Waals surface area contributed by atoms with Gasteiger partial charge in [-0.25, -0.2) is 0 Å². The Morgan fingerprint density at radius 3 is 2.32 bits per heavy atom. The number of ether oxygens (including phenoxy) is 1. The van der Waals surface area contributed by atoms with Gasteiger partial charge in [0.25, 0.3) is 0 Å². The summed E-state index contributed by atoms with van der Waals surface area (Å²) >= 11 is 0. The highest BCUT2D eigenvalue weighted by atomic mass is 16.5. The summed E-state index contributed by atoms with van der Waals surface area (Å²) in [5.41, 5.74) is 1.56. The van der Waals surface area contributed by atoms with E-state index in [0.717, 1.165) is 18.8 Å². The maximum absolute atomic E-state index is 5.18. The smallest absolute Gasteiger partial charge is 0.118 e. The lowest BCUT2D eigenvalue weighted by Gasteiger charge is -2.35. The maximum atomic E-state index is 5.18. The van der Waals surface area contributed by atoms with E-state index < -0.39 is 0 Å². The molecule has 0 amide bonds. The standard InChI is InChI=1S/C16H28N2O/c1-13(17-4)16(2,3)12-18(5)11-14-7-9-15(19-6)10-8-14/h7-10,13,17H,11-12H2,1-6H3. The number of nitrogens with zero attached hydrogens (tertiary/aromatic N) is 1. The van der Waals surface area contributed by atoms with Gasteiger partial charge < -0.3 is 15.0 Å². The molecule has 0 saturated heterocycles. The van der Waals surface area contributed by atoms with Crippen molar-refractivity contribution in [2.24, 2.45) is 5.41 Å². The zero-order valence-electron chi connectivity index (χ0n) is 13.2. The van der Waals surface area contributed by atoms with Crippen molar-refractivity contribution in [2.75, 3.05) is 27.7 Å². The second-order valence-corrected chi connectivity index (χ2v) is 6.02. The van der Waals surface area contributed by atoms with Crippen LogP contribution in [0.4, 0.5) is 0 Å². The second-order valence-electron chi connectivity index (χ2n) is 6.02. The van der Waals surface area contributed by atoms with Crippen LogP contribution in [0.15, 0.2) is 24.3 Å². The van der Waals surface area contributed by atoms with E-state index in [1.165, 1.54) is 5.56 Å². The van der Waals surface area contributed by atoms with Gasteiger partial charge in [-0.05, 0) is 44.1 Å². The zero-order chi connectivity index (χ0) is 14.5. The molecule has 0 bridgehead atoms. The van der Waals surface area contributed by atoms with Gasteiger partial charge in [-0.1, -0.05) is 26.0 Å². The highest BCUT2D eigenvalue weighted by Crippen LogP contribution is 2.22. The van der Waals surface area contributed by atoms with Crippen molar-refractivity contribution in [3.8, 4) is 5.75 Å². The second kappa shape index (κ2) is 6.92. The molecule has 1 aromatic carbocycles. The Kier molecular flexibility index (Phi) is 5.83. The molecule has 3 heteroatoms. The average Bonchev–Trinajstić information content (AvgIpc) is 2.37. The molecule has 19 heavy (non-hydrogen) atoms. The third-order valence-corrected chi connectivity index (χ3v) is 3.89. The van der Waals surface area contributed by atoms with Crippen molar-refractivity contribution in [2.45, 2.75) is 33.4 Å². The lowest BCUT2D eigenvalue weighted by molar-refractivity contribution is 0.164. The fourth-order valence-electron chi connectivity index (χ4n) is 2.32. The molecule has 108 valence electrons. The predicted molar refractivity (Wildman–Crippen MR) is 81.6 cm³/mol. The van der Waals surface area contributed by atoms with Gasteiger partial charge in [0, 0.05) is 19.1 Å². The number of hydrogen-bond donors (Lipinski definition) is 1. The molecule has 0 radical (unpaired) electrons. The first-order chi connectivity index (χ1) is 8.89. The summed E-state index contributed by atoms with van der Waals surface area (Å²) in [5.74, 6) is 0.913. The first kappa shape index (κ1) is 16.0. The summed E-state index contributed by atoms with van der Waals surface area (Å²) in [4.78, 5) is 2.37. The molecule has 1 N–H and O–H groups in total. The van der Waals surface area contributed by atoms with E-state index >= 15 is 0 Å². The molecular formula is C16H28N2O. The Morgan fingerprint density at radius 2 is 1.84 bits per heavy atom. The minimum atomic E-state index is 0.246. The van der Waals surface area contributed by atoms with E-state index in [1.807, 2.05) is 19.2 Å².